The molecule has 0 saturated carbocycles. The number of nitrogens with zero attached hydrogens (tertiary/aromatic N) is 1. The zero-order valence-electron chi connectivity index (χ0n) is 6.49. The normalized spacial score (nSPS) is 38.9. The van der Waals surface area contributed by atoms with Gasteiger partial charge in [0.25, 0.3) is 18.0 Å². The van der Waals surface area contributed by atoms with Crippen molar-refractivity contribution in [3.63, 3.8) is 0 Å². The minimum absolute atomic E-state index is 0.0115. The number of alkyl halides is 1. The molecule has 0 aromatic heterocycles. The number of rotatable bonds is 0. The highest BCUT2D eigenvalue weighted by molar-refractivity contribution is 6.00. The van der Waals surface area contributed by atoms with E-state index in [9.17, 15) is 19.1 Å². The third-order valence-corrected chi connectivity index (χ3v) is 2.05. The number of hydrogen-bond donors (Lipinski definition) is 2. The van der Waals surface area contributed by atoms with Gasteiger partial charge in [-0.25, -0.2) is 9.18 Å². The number of aliphatic hydroxyl groups is 1. The van der Waals surface area contributed by atoms with E-state index in [1.54, 1.807) is 5.32 Å². The van der Waals surface area contributed by atoms with Crippen LogP contribution in [-0.2, 0) is 9.53 Å². The third-order valence-electron chi connectivity index (χ3n) is 2.05. The van der Waals surface area contributed by atoms with Gasteiger partial charge in [-0.1, -0.05) is 0 Å². The summed E-state index contributed by atoms with van der Waals surface area (Å²) in [4.78, 5) is 22.6. The van der Waals surface area contributed by atoms with Gasteiger partial charge in [0.2, 0.25) is 0 Å². The van der Waals surface area contributed by atoms with E-state index >= 15 is 0 Å². The van der Waals surface area contributed by atoms with Gasteiger partial charge in [-0.2, -0.15) is 0 Å². The molecule has 2 N–H and O–H groups in total. The fourth-order valence-corrected chi connectivity index (χ4v) is 1.39. The topological polar surface area (TPSA) is 78.9 Å². The van der Waals surface area contributed by atoms with Crippen LogP contribution in [0.3, 0.4) is 0 Å². The molecule has 2 rings (SSSR count). The van der Waals surface area contributed by atoms with Crippen LogP contribution in [0.4, 0.5) is 9.18 Å². The summed E-state index contributed by atoms with van der Waals surface area (Å²) < 4.78 is 17.7. The van der Waals surface area contributed by atoms with Gasteiger partial charge in [0, 0.05) is 0 Å². The Morgan fingerprint density at radius 2 is 2.38 bits per heavy atom. The SMILES string of the molecule is O=C1NC(=O)N2CCOC2(O)[C@H]1F. The van der Waals surface area contributed by atoms with Gasteiger partial charge in [-0.15, -0.1) is 0 Å². The van der Waals surface area contributed by atoms with E-state index in [1.165, 1.54) is 0 Å². The first-order valence-corrected chi connectivity index (χ1v) is 3.68. The lowest BCUT2D eigenvalue weighted by atomic mass is 10.2. The van der Waals surface area contributed by atoms with E-state index in [-0.39, 0.29) is 13.2 Å². The third kappa shape index (κ3) is 0.939. The Balaban J connectivity index is 2.36. The van der Waals surface area contributed by atoms with E-state index in [0.29, 0.717) is 0 Å². The standard InChI is InChI=1S/C6H7FN2O4/c7-3-4(10)8-5(11)9-1-2-13-6(3,9)12/h3,12H,1-2H2,(H,8,10,11)/t3-,6?/m0/s1. The average molecular weight is 190 g/mol. The van der Waals surface area contributed by atoms with Gasteiger partial charge in [-0.05, 0) is 0 Å². The Morgan fingerprint density at radius 1 is 1.69 bits per heavy atom. The van der Waals surface area contributed by atoms with Crippen LogP contribution in [0.15, 0.2) is 0 Å². The van der Waals surface area contributed by atoms with Gasteiger partial charge in [0.1, 0.15) is 0 Å². The van der Waals surface area contributed by atoms with Crippen LogP contribution >= 0.6 is 0 Å². The summed E-state index contributed by atoms with van der Waals surface area (Å²) in [5.74, 6) is -3.58. The summed E-state index contributed by atoms with van der Waals surface area (Å²) in [6.45, 7) is 0.0770. The number of carbonyl (C=O) groups is 2. The van der Waals surface area contributed by atoms with Crippen LogP contribution in [0, 0.1) is 0 Å². The van der Waals surface area contributed by atoms with Crippen LogP contribution in [0.25, 0.3) is 0 Å². The number of carbonyl (C=O) groups excluding carboxylic acids is 2. The molecule has 2 aliphatic heterocycles. The van der Waals surface area contributed by atoms with Crippen molar-refractivity contribution in [2.45, 2.75) is 12.1 Å². The molecule has 2 fully saturated rings. The van der Waals surface area contributed by atoms with E-state index in [0.717, 1.165) is 4.90 Å². The van der Waals surface area contributed by atoms with Crippen LogP contribution in [-0.4, -0.2) is 47.2 Å². The second kappa shape index (κ2) is 2.39. The Labute approximate surface area is 72.3 Å². The monoisotopic (exact) mass is 190 g/mol. The molecule has 0 aliphatic carbocycles. The van der Waals surface area contributed by atoms with Crippen LogP contribution in [0.5, 0.6) is 0 Å². The Kier molecular flexibility index (Phi) is 1.54. The predicted octanol–water partition coefficient (Wildman–Crippen LogP) is -1.45. The van der Waals surface area contributed by atoms with Crippen LogP contribution in [0.1, 0.15) is 0 Å². The molecule has 2 saturated heterocycles. The molecule has 1 unspecified atom stereocenters. The molecule has 2 heterocycles. The summed E-state index contributed by atoms with van der Waals surface area (Å²) >= 11 is 0. The largest absolute Gasteiger partial charge is 0.346 e. The van der Waals surface area contributed by atoms with E-state index in [1.807, 2.05) is 0 Å². The Hall–Kier alpha value is -1.21. The van der Waals surface area contributed by atoms with E-state index in [4.69, 9.17) is 0 Å². The lowest BCUT2D eigenvalue weighted by molar-refractivity contribution is -0.265. The molecule has 0 bridgehead atoms. The molecule has 3 amide bonds. The number of fused-ring (bicyclic) bond motifs is 1. The highest BCUT2D eigenvalue weighted by Crippen LogP contribution is 2.29. The second-order valence-corrected chi connectivity index (χ2v) is 2.82. The van der Waals surface area contributed by atoms with Gasteiger partial charge in [0.05, 0.1) is 13.2 Å². The molecule has 0 aromatic rings. The van der Waals surface area contributed by atoms with Crippen molar-refractivity contribution in [3.8, 4) is 0 Å². The maximum absolute atomic E-state index is 13.1. The summed E-state index contributed by atoms with van der Waals surface area (Å²) in [7, 11) is 0. The van der Waals surface area contributed by atoms with Crippen LogP contribution < -0.4 is 5.32 Å². The van der Waals surface area contributed by atoms with Gasteiger partial charge < -0.3 is 9.84 Å². The first-order valence-electron chi connectivity index (χ1n) is 3.68. The molecule has 13 heavy (non-hydrogen) atoms. The molecule has 0 aromatic carbocycles. The first-order chi connectivity index (χ1) is 6.05. The molecule has 2 aliphatic rings. The summed E-state index contributed by atoms with van der Waals surface area (Å²) in [5, 5.41) is 11.2. The van der Waals surface area contributed by atoms with Crippen molar-refractivity contribution in [3.05, 3.63) is 0 Å². The van der Waals surface area contributed by atoms with E-state index in [2.05, 4.69) is 4.74 Å². The highest BCUT2D eigenvalue weighted by atomic mass is 19.1. The number of imide groups is 1. The van der Waals surface area contributed by atoms with Crippen LogP contribution in [0.2, 0.25) is 0 Å². The maximum Gasteiger partial charge on any atom is 0.328 e. The number of hydrogen-bond acceptors (Lipinski definition) is 4. The summed E-state index contributed by atoms with van der Waals surface area (Å²) in [6.07, 6.45) is -2.26. The number of urea groups is 1. The molecule has 0 spiro atoms. The van der Waals surface area contributed by atoms with Crippen molar-refractivity contribution in [2.24, 2.45) is 0 Å². The highest BCUT2D eigenvalue weighted by Gasteiger charge is 2.58. The first kappa shape index (κ1) is 8.39. The van der Waals surface area contributed by atoms with Crippen molar-refractivity contribution in [2.75, 3.05) is 13.2 Å². The molecule has 6 nitrogen and oxygen atoms in total. The number of ether oxygens (including phenoxy) is 1. The lowest BCUT2D eigenvalue weighted by Gasteiger charge is -2.36. The zero-order valence-corrected chi connectivity index (χ0v) is 6.49. The lowest BCUT2D eigenvalue weighted by Crippen LogP contribution is -2.67. The van der Waals surface area contributed by atoms with E-state index < -0.39 is 24.0 Å². The molecule has 2 atom stereocenters. The van der Waals surface area contributed by atoms with Crippen molar-refractivity contribution in [1.29, 1.82) is 0 Å². The van der Waals surface area contributed by atoms with Gasteiger partial charge in [-0.3, -0.25) is 15.0 Å². The number of nitrogens with one attached hydrogen (secondary N) is 1. The van der Waals surface area contributed by atoms with Crippen molar-refractivity contribution >= 4 is 11.9 Å². The molecular formula is C6H7FN2O4. The number of amides is 3. The van der Waals surface area contributed by atoms with Gasteiger partial charge >= 0.3 is 6.03 Å². The fraction of sp³-hybridized carbons (Fsp3) is 0.667. The summed E-state index contributed by atoms with van der Waals surface area (Å²) in [5.41, 5.74) is 0. The Bertz CT molecular complexity index is 284. The minimum Gasteiger partial charge on any atom is -0.346 e. The smallest absolute Gasteiger partial charge is 0.328 e. The molecule has 0 radical (unpaired) electrons. The van der Waals surface area contributed by atoms with Crippen molar-refractivity contribution < 1.29 is 23.8 Å². The van der Waals surface area contributed by atoms with Crippen molar-refractivity contribution in [1.82, 2.24) is 10.2 Å². The second-order valence-electron chi connectivity index (χ2n) is 2.82. The maximum atomic E-state index is 13.1. The average Bonchev–Trinajstić information content (AvgIpc) is 2.45. The number of halogens is 1. The molecule has 7 heteroatoms. The molecular weight excluding hydrogens is 183 g/mol. The quantitative estimate of drug-likeness (QED) is 0.490. The van der Waals surface area contributed by atoms with Gasteiger partial charge in [0.15, 0.2) is 0 Å². The predicted molar refractivity (Wildman–Crippen MR) is 36.0 cm³/mol. The zero-order chi connectivity index (χ0) is 9.64. The minimum atomic E-state index is -2.40. The fourth-order valence-electron chi connectivity index (χ4n) is 1.39. The molecule has 72 valence electrons. The summed E-state index contributed by atoms with van der Waals surface area (Å²) in [6, 6.07) is -0.834. The Morgan fingerprint density at radius 3 is 3.08 bits per heavy atom.